The molecule has 0 saturated heterocycles. The van der Waals surface area contributed by atoms with E-state index in [2.05, 4.69) is 15.5 Å². The van der Waals surface area contributed by atoms with E-state index in [1.54, 1.807) is 13.8 Å². The first-order chi connectivity index (χ1) is 6.59. The van der Waals surface area contributed by atoms with E-state index in [4.69, 9.17) is 16.1 Å². The van der Waals surface area contributed by atoms with E-state index in [0.717, 1.165) is 0 Å². The number of halogens is 1. The van der Waals surface area contributed by atoms with Gasteiger partial charge in [-0.25, -0.2) is 0 Å². The summed E-state index contributed by atoms with van der Waals surface area (Å²) in [5.41, 5.74) is 0. The Morgan fingerprint density at radius 2 is 2.43 bits per heavy atom. The zero-order valence-corrected chi connectivity index (χ0v) is 8.84. The van der Waals surface area contributed by atoms with E-state index < -0.39 is 5.38 Å². The lowest BCUT2D eigenvalue weighted by molar-refractivity contribution is -0.120. The highest BCUT2D eigenvalue weighted by atomic mass is 35.5. The molecule has 1 heterocycles. The third-order valence-corrected chi connectivity index (χ3v) is 1.78. The monoisotopic (exact) mass is 217 g/mol. The largest absolute Gasteiger partial charge is 0.354 e. The van der Waals surface area contributed by atoms with Crippen LogP contribution < -0.4 is 5.32 Å². The molecule has 0 aliphatic rings. The van der Waals surface area contributed by atoms with E-state index >= 15 is 0 Å². The summed E-state index contributed by atoms with van der Waals surface area (Å²) >= 11 is 5.55. The first-order valence-corrected chi connectivity index (χ1v) is 4.74. The third-order valence-electron chi connectivity index (χ3n) is 1.58. The van der Waals surface area contributed by atoms with E-state index in [1.165, 1.54) is 0 Å². The number of carbonyl (C=O) groups is 1. The maximum absolute atomic E-state index is 11.0. The van der Waals surface area contributed by atoms with Gasteiger partial charge in [0.15, 0.2) is 5.82 Å². The van der Waals surface area contributed by atoms with Crippen molar-refractivity contribution in [2.75, 3.05) is 6.54 Å². The van der Waals surface area contributed by atoms with Gasteiger partial charge in [0.25, 0.3) is 0 Å². The Hall–Kier alpha value is -1.10. The Morgan fingerprint density at radius 3 is 2.93 bits per heavy atom. The van der Waals surface area contributed by atoms with Crippen molar-refractivity contribution < 1.29 is 9.32 Å². The Labute approximate surface area is 86.8 Å². The minimum atomic E-state index is -0.512. The van der Waals surface area contributed by atoms with Gasteiger partial charge in [-0.3, -0.25) is 4.79 Å². The fourth-order valence-corrected chi connectivity index (χ4v) is 0.958. The first-order valence-electron chi connectivity index (χ1n) is 4.30. The van der Waals surface area contributed by atoms with Crippen LogP contribution in [0.5, 0.6) is 0 Å². The van der Waals surface area contributed by atoms with Crippen LogP contribution in [0.15, 0.2) is 4.52 Å². The molecule has 5 nitrogen and oxygen atoms in total. The van der Waals surface area contributed by atoms with Gasteiger partial charge in [0, 0.05) is 19.9 Å². The predicted octanol–water partition coefficient (Wildman–Crippen LogP) is 0.664. The van der Waals surface area contributed by atoms with Gasteiger partial charge in [0.1, 0.15) is 5.38 Å². The molecule has 0 aliphatic heterocycles. The number of aryl methyl sites for hydroxylation is 1. The molecule has 78 valence electrons. The summed E-state index contributed by atoms with van der Waals surface area (Å²) in [5, 5.41) is 5.82. The molecule has 0 spiro atoms. The van der Waals surface area contributed by atoms with Crippen LogP contribution in [-0.2, 0) is 11.2 Å². The lowest BCUT2D eigenvalue weighted by Crippen LogP contribution is -2.31. The van der Waals surface area contributed by atoms with Crippen molar-refractivity contribution in [1.82, 2.24) is 15.5 Å². The van der Waals surface area contributed by atoms with E-state index in [0.29, 0.717) is 24.7 Å². The van der Waals surface area contributed by atoms with E-state index in [9.17, 15) is 4.79 Å². The Bertz CT molecular complexity index is 311. The van der Waals surface area contributed by atoms with E-state index in [-0.39, 0.29) is 5.91 Å². The van der Waals surface area contributed by atoms with E-state index in [1.807, 2.05) is 0 Å². The van der Waals surface area contributed by atoms with Crippen LogP contribution in [0.2, 0.25) is 0 Å². The van der Waals surface area contributed by atoms with Gasteiger partial charge >= 0.3 is 0 Å². The van der Waals surface area contributed by atoms with Crippen LogP contribution in [0, 0.1) is 6.92 Å². The molecule has 0 fully saturated rings. The molecule has 1 atom stereocenters. The second kappa shape index (κ2) is 4.95. The number of alkyl halides is 1. The quantitative estimate of drug-likeness (QED) is 0.753. The van der Waals surface area contributed by atoms with Gasteiger partial charge in [-0.15, -0.1) is 11.6 Å². The zero-order chi connectivity index (χ0) is 10.6. The normalized spacial score (nSPS) is 12.5. The molecular weight excluding hydrogens is 206 g/mol. The molecule has 0 bridgehead atoms. The van der Waals surface area contributed by atoms with Gasteiger partial charge < -0.3 is 9.84 Å². The molecule has 1 unspecified atom stereocenters. The van der Waals surface area contributed by atoms with Crippen molar-refractivity contribution in [3.63, 3.8) is 0 Å². The van der Waals surface area contributed by atoms with Crippen LogP contribution in [0.1, 0.15) is 18.6 Å². The fraction of sp³-hybridized carbons (Fsp3) is 0.625. The highest BCUT2D eigenvalue weighted by Gasteiger charge is 2.08. The Morgan fingerprint density at radius 1 is 1.71 bits per heavy atom. The number of amides is 1. The summed E-state index contributed by atoms with van der Waals surface area (Å²) in [4.78, 5) is 15.0. The van der Waals surface area contributed by atoms with Crippen molar-refractivity contribution in [3.05, 3.63) is 11.7 Å². The zero-order valence-electron chi connectivity index (χ0n) is 8.08. The Kier molecular flexibility index (Phi) is 3.88. The Balaban J connectivity index is 2.25. The molecular formula is C8H12ClN3O2. The number of nitrogens with one attached hydrogen (secondary N) is 1. The summed E-state index contributed by atoms with van der Waals surface area (Å²) in [5.74, 6) is 0.925. The summed E-state index contributed by atoms with van der Waals surface area (Å²) in [7, 11) is 0. The maximum Gasteiger partial charge on any atom is 0.237 e. The average Bonchev–Trinajstić information content (AvgIpc) is 2.51. The lowest BCUT2D eigenvalue weighted by Gasteiger charge is -2.03. The first kappa shape index (κ1) is 11.0. The molecule has 1 amide bonds. The van der Waals surface area contributed by atoms with Crippen molar-refractivity contribution in [2.45, 2.75) is 25.6 Å². The molecule has 1 aromatic rings. The maximum atomic E-state index is 11.0. The second-order valence-electron chi connectivity index (χ2n) is 2.89. The van der Waals surface area contributed by atoms with Crippen molar-refractivity contribution in [3.8, 4) is 0 Å². The van der Waals surface area contributed by atoms with Gasteiger partial charge in [-0.2, -0.15) is 4.98 Å². The number of carbonyl (C=O) groups excluding carboxylic acids is 1. The highest BCUT2D eigenvalue weighted by Crippen LogP contribution is 1.96. The number of nitrogens with zero attached hydrogens (tertiary/aromatic N) is 2. The van der Waals surface area contributed by atoms with Crippen molar-refractivity contribution >= 4 is 17.5 Å². The topological polar surface area (TPSA) is 68.0 Å². The van der Waals surface area contributed by atoms with Gasteiger partial charge in [0.2, 0.25) is 11.8 Å². The average molecular weight is 218 g/mol. The van der Waals surface area contributed by atoms with Crippen molar-refractivity contribution in [1.29, 1.82) is 0 Å². The van der Waals surface area contributed by atoms with Crippen LogP contribution in [-0.4, -0.2) is 28.0 Å². The number of hydrogen-bond acceptors (Lipinski definition) is 4. The summed E-state index contributed by atoms with van der Waals surface area (Å²) < 4.78 is 4.77. The van der Waals surface area contributed by atoms with Gasteiger partial charge in [-0.1, -0.05) is 5.16 Å². The molecule has 0 radical (unpaired) electrons. The van der Waals surface area contributed by atoms with Crippen LogP contribution >= 0.6 is 11.6 Å². The minimum Gasteiger partial charge on any atom is -0.354 e. The second-order valence-corrected chi connectivity index (χ2v) is 3.54. The SMILES string of the molecule is Cc1nc(CCNC(=O)C(C)Cl)no1. The molecule has 0 aliphatic carbocycles. The predicted molar refractivity (Wildman–Crippen MR) is 51.1 cm³/mol. The number of aromatic nitrogens is 2. The summed E-state index contributed by atoms with van der Waals surface area (Å²) in [6, 6.07) is 0. The lowest BCUT2D eigenvalue weighted by atomic mass is 10.4. The smallest absolute Gasteiger partial charge is 0.237 e. The van der Waals surface area contributed by atoms with Crippen LogP contribution in [0.3, 0.4) is 0 Å². The molecule has 1 rings (SSSR count). The standard InChI is InChI=1S/C8H12ClN3O2/c1-5(9)8(13)10-4-3-7-11-6(2)14-12-7/h5H,3-4H2,1-2H3,(H,10,13). The number of rotatable bonds is 4. The molecule has 0 saturated carbocycles. The molecule has 1 N–H and O–H groups in total. The summed E-state index contributed by atoms with van der Waals surface area (Å²) in [6.07, 6.45) is 0.548. The van der Waals surface area contributed by atoms with Crippen LogP contribution in [0.25, 0.3) is 0 Å². The molecule has 1 aromatic heterocycles. The van der Waals surface area contributed by atoms with Crippen LogP contribution in [0.4, 0.5) is 0 Å². The molecule has 6 heteroatoms. The van der Waals surface area contributed by atoms with Crippen molar-refractivity contribution in [2.24, 2.45) is 0 Å². The fourth-order valence-electron chi connectivity index (χ4n) is 0.881. The molecule has 14 heavy (non-hydrogen) atoms. The third kappa shape index (κ3) is 3.33. The number of hydrogen-bond donors (Lipinski definition) is 1. The van der Waals surface area contributed by atoms with Gasteiger partial charge in [0.05, 0.1) is 0 Å². The highest BCUT2D eigenvalue weighted by molar-refractivity contribution is 6.30. The minimum absolute atomic E-state index is 0.188. The molecule has 0 aromatic carbocycles. The summed E-state index contributed by atoms with van der Waals surface area (Å²) in [6.45, 7) is 3.81. The van der Waals surface area contributed by atoms with Gasteiger partial charge in [-0.05, 0) is 6.92 Å².